The third-order valence-electron chi connectivity index (χ3n) is 2.19. The van der Waals surface area contributed by atoms with E-state index < -0.39 is 20.4 Å². The van der Waals surface area contributed by atoms with Crippen LogP contribution < -0.4 is 5.19 Å². The highest BCUT2D eigenvalue weighted by atomic mass is 28.4. The predicted molar refractivity (Wildman–Crippen MR) is 62.0 cm³/mol. The van der Waals surface area contributed by atoms with Crippen LogP contribution in [-0.4, -0.2) is 29.1 Å². The van der Waals surface area contributed by atoms with E-state index >= 15 is 0 Å². The summed E-state index contributed by atoms with van der Waals surface area (Å²) < 4.78 is 42.6. The quantitative estimate of drug-likeness (QED) is 0.758. The lowest BCUT2D eigenvalue weighted by Crippen LogP contribution is -2.57. The Labute approximate surface area is 101 Å². The molecular weight excluding hydrogens is 246 g/mol. The molecular formula is C11H16F2O3Si. The molecule has 0 amide bonds. The van der Waals surface area contributed by atoms with Crippen LogP contribution in [0.15, 0.2) is 18.2 Å². The number of hydrogen-bond donors (Lipinski definition) is 0. The maximum atomic E-state index is 13.7. The van der Waals surface area contributed by atoms with Gasteiger partial charge in [-0.3, -0.25) is 0 Å². The molecule has 1 aromatic rings. The minimum absolute atomic E-state index is 0.137. The first-order valence-electron chi connectivity index (χ1n) is 5.19. The molecule has 96 valence electrons. The fourth-order valence-electron chi connectivity index (χ4n) is 1.51. The van der Waals surface area contributed by atoms with Crippen molar-refractivity contribution in [3.05, 3.63) is 29.8 Å². The van der Waals surface area contributed by atoms with Gasteiger partial charge >= 0.3 is 8.80 Å². The van der Waals surface area contributed by atoms with Gasteiger partial charge in [0.1, 0.15) is 11.6 Å². The zero-order valence-corrected chi connectivity index (χ0v) is 11.3. The van der Waals surface area contributed by atoms with E-state index in [2.05, 4.69) is 0 Å². The van der Waals surface area contributed by atoms with Gasteiger partial charge in [0.05, 0.1) is 5.19 Å². The van der Waals surface area contributed by atoms with Gasteiger partial charge in [-0.25, -0.2) is 8.78 Å². The molecule has 0 aliphatic rings. The maximum Gasteiger partial charge on any atom is 0.539 e. The van der Waals surface area contributed by atoms with Crippen molar-refractivity contribution < 1.29 is 22.1 Å². The summed E-state index contributed by atoms with van der Waals surface area (Å²) in [6.07, 6.45) is -0.189. The van der Waals surface area contributed by atoms with Gasteiger partial charge in [-0.05, 0) is 26.0 Å². The lowest BCUT2D eigenvalue weighted by Gasteiger charge is -2.28. The van der Waals surface area contributed by atoms with Crippen molar-refractivity contribution >= 4 is 14.0 Å². The monoisotopic (exact) mass is 262 g/mol. The van der Waals surface area contributed by atoms with Crippen LogP contribution in [0.25, 0.3) is 0 Å². The number of halogens is 2. The molecule has 0 heterocycles. The zero-order valence-electron chi connectivity index (χ0n) is 10.3. The Morgan fingerprint density at radius 2 is 1.71 bits per heavy atom. The number of rotatable bonds is 5. The molecule has 0 N–H and O–H groups in total. The molecule has 0 aromatic heterocycles. The third kappa shape index (κ3) is 3.10. The molecule has 0 aliphatic heterocycles. The Morgan fingerprint density at radius 1 is 1.12 bits per heavy atom. The molecule has 0 saturated heterocycles. The van der Waals surface area contributed by atoms with Crippen molar-refractivity contribution in [3.63, 3.8) is 0 Å². The first-order chi connectivity index (χ1) is 7.95. The van der Waals surface area contributed by atoms with Crippen molar-refractivity contribution in [3.8, 4) is 0 Å². The average Bonchev–Trinajstić information content (AvgIpc) is 2.26. The highest BCUT2D eigenvalue weighted by Gasteiger charge is 2.45. The van der Waals surface area contributed by atoms with Gasteiger partial charge < -0.3 is 13.3 Å². The molecule has 0 fully saturated rings. The van der Waals surface area contributed by atoms with Crippen LogP contribution in [0.4, 0.5) is 8.78 Å². The summed E-state index contributed by atoms with van der Waals surface area (Å²) in [5, 5.41) is 0.137. The van der Waals surface area contributed by atoms with Gasteiger partial charge in [0.15, 0.2) is 0 Å². The first kappa shape index (κ1) is 14.2. The van der Waals surface area contributed by atoms with E-state index in [9.17, 15) is 8.78 Å². The van der Waals surface area contributed by atoms with Gasteiger partial charge in [-0.1, -0.05) is 0 Å². The van der Waals surface area contributed by atoms with E-state index in [-0.39, 0.29) is 11.3 Å². The van der Waals surface area contributed by atoms with E-state index in [4.69, 9.17) is 13.3 Å². The summed E-state index contributed by atoms with van der Waals surface area (Å²) in [4.78, 5) is 0. The highest BCUT2D eigenvalue weighted by molar-refractivity contribution is 6.75. The SMILES string of the molecule is CO[Si](OC)(OC(C)C)c1ccc(F)cc1F. The lowest BCUT2D eigenvalue weighted by atomic mass is 10.3. The Hall–Kier alpha value is -0.823. The molecule has 6 heteroatoms. The average molecular weight is 262 g/mol. The van der Waals surface area contributed by atoms with Crippen LogP contribution >= 0.6 is 0 Å². The standard InChI is InChI=1S/C11H16F2O3Si/c1-8(2)16-17(14-3,15-4)11-6-5-9(12)7-10(11)13/h5-8H,1-4H3. The van der Waals surface area contributed by atoms with Gasteiger partial charge in [-0.15, -0.1) is 0 Å². The minimum atomic E-state index is -3.29. The molecule has 1 rings (SSSR count). The van der Waals surface area contributed by atoms with E-state index in [1.165, 1.54) is 20.3 Å². The van der Waals surface area contributed by atoms with Crippen LogP contribution in [0, 0.1) is 11.6 Å². The van der Waals surface area contributed by atoms with Crippen LogP contribution in [0.1, 0.15) is 13.8 Å². The summed E-state index contributed by atoms with van der Waals surface area (Å²) in [6, 6.07) is 3.24. The molecule has 0 unspecified atom stereocenters. The summed E-state index contributed by atoms with van der Waals surface area (Å²) in [5.41, 5.74) is 0. The second kappa shape index (κ2) is 5.68. The lowest BCUT2D eigenvalue weighted by molar-refractivity contribution is 0.0831. The van der Waals surface area contributed by atoms with Crippen LogP contribution in [0.3, 0.4) is 0 Å². The fourth-order valence-corrected chi connectivity index (χ4v) is 3.71. The fraction of sp³-hybridized carbons (Fsp3) is 0.455. The van der Waals surface area contributed by atoms with Crippen molar-refractivity contribution in [1.82, 2.24) is 0 Å². The van der Waals surface area contributed by atoms with E-state index in [0.29, 0.717) is 0 Å². The normalized spacial score (nSPS) is 12.2. The van der Waals surface area contributed by atoms with Crippen molar-refractivity contribution in [2.24, 2.45) is 0 Å². The predicted octanol–water partition coefficient (Wildman–Crippen LogP) is 1.83. The largest absolute Gasteiger partial charge is 0.539 e. The Kier molecular flexibility index (Phi) is 4.76. The molecule has 0 spiro atoms. The topological polar surface area (TPSA) is 27.7 Å². The maximum absolute atomic E-state index is 13.7. The van der Waals surface area contributed by atoms with Gasteiger partial charge in [0.2, 0.25) is 0 Å². The van der Waals surface area contributed by atoms with Crippen molar-refractivity contribution in [1.29, 1.82) is 0 Å². The third-order valence-corrected chi connectivity index (χ3v) is 5.11. The van der Waals surface area contributed by atoms with Crippen LogP contribution in [-0.2, 0) is 13.3 Å². The van der Waals surface area contributed by atoms with E-state index in [1.807, 2.05) is 0 Å². The summed E-state index contributed by atoms with van der Waals surface area (Å²) >= 11 is 0. The molecule has 0 radical (unpaired) electrons. The smallest absolute Gasteiger partial charge is 0.373 e. The van der Waals surface area contributed by atoms with Gasteiger partial charge in [-0.2, -0.15) is 0 Å². The minimum Gasteiger partial charge on any atom is -0.373 e. The van der Waals surface area contributed by atoms with Gasteiger partial charge in [0, 0.05) is 26.4 Å². The Morgan fingerprint density at radius 3 is 2.12 bits per heavy atom. The zero-order chi connectivity index (χ0) is 13.1. The molecule has 0 bridgehead atoms. The molecule has 1 aromatic carbocycles. The number of benzene rings is 1. The second-order valence-corrected chi connectivity index (χ2v) is 6.46. The van der Waals surface area contributed by atoms with E-state index in [0.717, 1.165) is 12.1 Å². The summed E-state index contributed by atoms with van der Waals surface area (Å²) in [7, 11) is -0.512. The highest BCUT2D eigenvalue weighted by Crippen LogP contribution is 2.14. The van der Waals surface area contributed by atoms with Crippen molar-refractivity contribution in [2.45, 2.75) is 20.0 Å². The molecule has 0 atom stereocenters. The molecule has 0 aliphatic carbocycles. The Balaban J connectivity index is 3.21. The number of hydrogen-bond acceptors (Lipinski definition) is 3. The van der Waals surface area contributed by atoms with Gasteiger partial charge in [0.25, 0.3) is 0 Å². The molecule has 17 heavy (non-hydrogen) atoms. The van der Waals surface area contributed by atoms with Crippen molar-refractivity contribution in [2.75, 3.05) is 14.2 Å². The molecule has 0 saturated carbocycles. The second-order valence-electron chi connectivity index (χ2n) is 3.76. The molecule has 3 nitrogen and oxygen atoms in total. The van der Waals surface area contributed by atoms with Crippen LogP contribution in [0.2, 0.25) is 0 Å². The summed E-state index contributed by atoms with van der Waals surface area (Å²) in [6.45, 7) is 3.59. The first-order valence-corrected chi connectivity index (χ1v) is 6.91. The summed E-state index contributed by atoms with van der Waals surface area (Å²) in [5.74, 6) is -1.37. The Bertz CT molecular complexity index is 381. The van der Waals surface area contributed by atoms with E-state index in [1.54, 1.807) is 13.8 Å². The van der Waals surface area contributed by atoms with Crippen LogP contribution in [0.5, 0.6) is 0 Å².